The number of amides is 4. The number of anilines is 1. The molecule has 2 heterocycles. The first kappa shape index (κ1) is 27.8. The lowest BCUT2D eigenvalue weighted by Gasteiger charge is -2.50. The van der Waals surface area contributed by atoms with E-state index >= 15 is 0 Å². The van der Waals surface area contributed by atoms with E-state index in [4.69, 9.17) is 27.9 Å². The zero-order valence-electron chi connectivity index (χ0n) is 22.0. The summed E-state index contributed by atoms with van der Waals surface area (Å²) in [5, 5.41) is 29.8. The van der Waals surface area contributed by atoms with Gasteiger partial charge >= 0.3 is 7.12 Å². The van der Waals surface area contributed by atoms with Crippen molar-refractivity contribution in [3.63, 3.8) is 0 Å². The van der Waals surface area contributed by atoms with Crippen LogP contribution in [0.4, 0.5) is 5.69 Å². The molecule has 3 fully saturated rings. The molecule has 13 heteroatoms. The maximum absolute atomic E-state index is 14.0. The number of halogens is 2. The molecule has 6 unspecified atom stereocenters. The topological polar surface area (TPSA) is 145 Å². The van der Waals surface area contributed by atoms with E-state index in [1.165, 1.54) is 50.6 Å². The van der Waals surface area contributed by atoms with Crippen molar-refractivity contribution in [1.82, 2.24) is 4.90 Å². The Morgan fingerprint density at radius 3 is 2.39 bits per heavy atom. The second-order valence-electron chi connectivity index (χ2n) is 10.9. The molecule has 6 rings (SSSR count). The van der Waals surface area contributed by atoms with E-state index in [1.807, 2.05) is 0 Å². The van der Waals surface area contributed by atoms with Gasteiger partial charge in [-0.2, -0.15) is 0 Å². The maximum atomic E-state index is 14.0. The average molecular weight is 599 g/mol. The molecule has 10 nitrogen and oxygen atoms in total. The van der Waals surface area contributed by atoms with Crippen molar-refractivity contribution >= 4 is 65.1 Å². The predicted molar refractivity (Wildman–Crippen MR) is 149 cm³/mol. The molecule has 4 aliphatic rings. The van der Waals surface area contributed by atoms with Gasteiger partial charge in [0.15, 0.2) is 21.2 Å². The van der Waals surface area contributed by atoms with Gasteiger partial charge in [-0.15, -0.1) is 23.2 Å². The normalized spacial score (nSPS) is 32.5. The summed E-state index contributed by atoms with van der Waals surface area (Å²) in [6, 6.07) is 10.4. The number of alkyl halides is 2. The van der Waals surface area contributed by atoms with Crippen LogP contribution in [0.2, 0.25) is 0 Å². The number of benzene rings is 2. The number of hydrogen-bond donors (Lipinski definition) is 3. The molecule has 2 aromatic carbocycles. The Morgan fingerprint density at radius 1 is 1.00 bits per heavy atom. The first-order valence-electron chi connectivity index (χ1n) is 13.0. The van der Waals surface area contributed by atoms with Crippen molar-refractivity contribution < 1.29 is 39.1 Å². The molecule has 0 bridgehead atoms. The summed E-state index contributed by atoms with van der Waals surface area (Å²) in [5.41, 5.74) is 1.28. The van der Waals surface area contributed by atoms with Gasteiger partial charge in [-0.05, 0) is 54.1 Å². The monoisotopic (exact) mass is 598 g/mol. The van der Waals surface area contributed by atoms with Crippen LogP contribution in [0.1, 0.15) is 24.3 Å². The van der Waals surface area contributed by atoms with Crippen LogP contribution in [0, 0.1) is 17.8 Å². The second-order valence-corrected chi connectivity index (χ2v) is 12.2. The van der Waals surface area contributed by atoms with Gasteiger partial charge in [0.2, 0.25) is 11.8 Å². The zero-order valence-corrected chi connectivity index (χ0v) is 23.5. The van der Waals surface area contributed by atoms with Crippen LogP contribution in [-0.2, 0) is 19.2 Å². The molecule has 212 valence electrons. The Morgan fingerprint density at radius 2 is 1.73 bits per heavy atom. The van der Waals surface area contributed by atoms with Crippen LogP contribution in [0.5, 0.6) is 11.5 Å². The molecule has 2 aliphatic carbocycles. The SMILES string of the molecule is COc1ccc(C2C3=CCC4C(=O)N(c5cccc(B(O)O)c5)C(=O)C4C3CC3(Cl)C(=O)N(C)C(=O)C23Cl)cc1O. The molecule has 2 aliphatic heterocycles. The Labute approximate surface area is 245 Å². The lowest BCUT2D eigenvalue weighted by atomic mass is 9.56. The number of imide groups is 2. The standard InChI is InChI=1S/C28H25BCl2N2O8/c1-32-25(37)27(30)12-18-16(22(28(27,31)26(32)38)13-6-9-20(41-2)19(34)10-13)7-8-17-21(18)24(36)33(23(17)35)15-5-3-4-14(11-15)29(39)40/h3-7,9-11,17-18,21-22,34,39-40H,8,12H2,1-2H3. The van der Waals surface area contributed by atoms with Crippen molar-refractivity contribution in [3.8, 4) is 11.5 Å². The number of methoxy groups -OCH3 is 1. The van der Waals surface area contributed by atoms with Crippen LogP contribution in [0.25, 0.3) is 0 Å². The van der Waals surface area contributed by atoms with Gasteiger partial charge in [-0.25, -0.2) is 0 Å². The average Bonchev–Trinajstić information content (AvgIpc) is 3.27. The highest BCUT2D eigenvalue weighted by molar-refractivity contribution is 6.58. The fourth-order valence-corrected chi connectivity index (χ4v) is 8.10. The van der Waals surface area contributed by atoms with Crippen molar-refractivity contribution in [2.75, 3.05) is 19.1 Å². The number of fused-ring (bicyclic) bond motifs is 4. The minimum atomic E-state index is -1.96. The number of nitrogens with zero attached hydrogens (tertiary/aromatic N) is 2. The smallest absolute Gasteiger partial charge is 0.488 e. The molecule has 4 amide bonds. The van der Waals surface area contributed by atoms with Gasteiger partial charge in [0.25, 0.3) is 11.8 Å². The summed E-state index contributed by atoms with van der Waals surface area (Å²) in [5.74, 6) is -5.84. The van der Waals surface area contributed by atoms with E-state index < -0.39 is 64.2 Å². The molecule has 0 radical (unpaired) electrons. The molecule has 3 N–H and O–H groups in total. The summed E-state index contributed by atoms with van der Waals surface area (Å²) >= 11 is 14.2. The number of phenols is 1. The number of ether oxygens (including phenoxy) is 1. The number of allylic oxidation sites excluding steroid dienone is 2. The molecule has 0 spiro atoms. The maximum Gasteiger partial charge on any atom is 0.488 e. The van der Waals surface area contributed by atoms with Gasteiger partial charge in [0, 0.05) is 13.0 Å². The minimum absolute atomic E-state index is 0.110. The van der Waals surface area contributed by atoms with E-state index in [9.17, 15) is 34.3 Å². The van der Waals surface area contributed by atoms with Crippen LogP contribution in [-0.4, -0.2) is 74.7 Å². The van der Waals surface area contributed by atoms with Crippen LogP contribution >= 0.6 is 23.2 Å². The highest BCUT2D eigenvalue weighted by Gasteiger charge is 2.75. The fraction of sp³-hybridized carbons (Fsp3) is 0.357. The van der Waals surface area contributed by atoms with E-state index in [2.05, 4.69) is 0 Å². The summed E-state index contributed by atoms with van der Waals surface area (Å²) in [6.07, 6.45) is 1.79. The van der Waals surface area contributed by atoms with Crippen molar-refractivity contribution in [3.05, 3.63) is 59.7 Å². The summed E-state index contributed by atoms with van der Waals surface area (Å²) in [6.45, 7) is 0. The third-order valence-corrected chi connectivity index (χ3v) is 10.4. The predicted octanol–water partition coefficient (Wildman–Crippen LogP) is 1.27. The summed E-state index contributed by atoms with van der Waals surface area (Å²) < 4.78 is 5.17. The Balaban J connectivity index is 1.50. The number of carbonyl (C=O) groups is 4. The van der Waals surface area contributed by atoms with E-state index in [1.54, 1.807) is 12.1 Å². The molecule has 2 aromatic rings. The highest BCUT2D eigenvalue weighted by Crippen LogP contribution is 2.65. The number of rotatable bonds is 4. The third-order valence-electron chi connectivity index (χ3n) is 8.98. The Bertz CT molecular complexity index is 1570. The van der Waals surface area contributed by atoms with E-state index in [0.717, 1.165) is 9.80 Å². The molecule has 0 aromatic heterocycles. The van der Waals surface area contributed by atoms with Gasteiger partial charge in [-0.3, -0.25) is 29.0 Å². The second kappa shape index (κ2) is 9.32. The molecule has 41 heavy (non-hydrogen) atoms. The minimum Gasteiger partial charge on any atom is -0.504 e. The zero-order chi connectivity index (χ0) is 29.6. The van der Waals surface area contributed by atoms with Crippen molar-refractivity contribution in [2.24, 2.45) is 17.8 Å². The quantitative estimate of drug-likeness (QED) is 0.207. The Kier molecular flexibility index (Phi) is 6.31. The van der Waals surface area contributed by atoms with Crippen LogP contribution < -0.4 is 15.1 Å². The molecule has 2 saturated heterocycles. The van der Waals surface area contributed by atoms with Crippen LogP contribution in [0.15, 0.2) is 54.1 Å². The van der Waals surface area contributed by atoms with Crippen LogP contribution in [0.3, 0.4) is 0 Å². The lowest BCUT2D eigenvalue weighted by Crippen LogP contribution is -2.60. The summed E-state index contributed by atoms with van der Waals surface area (Å²) in [4.78, 5) is 52.8. The van der Waals surface area contributed by atoms with E-state index in [0.29, 0.717) is 11.1 Å². The van der Waals surface area contributed by atoms with E-state index in [-0.39, 0.29) is 35.5 Å². The molecule has 1 saturated carbocycles. The first-order chi connectivity index (χ1) is 19.4. The molecule has 6 atom stereocenters. The highest BCUT2D eigenvalue weighted by atomic mass is 35.5. The van der Waals surface area contributed by atoms with Crippen molar-refractivity contribution in [2.45, 2.75) is 28.5 Å². The lowest BCUT2D eigenvalue weighted by molar-refractivity contribution is -0.138. The third kappa shape index (κ3) is 3.59. The largest absolute Gasteiger partial charge is 0.504 e. The number of carbonyl (C=O) groups excluding carboxylic acids is 4. The molecular formula is C28H25BCl2N2O8. The Hall–Kier alpha value is -3.38. The van der Waals surface area contributed by atoms with Crippen molar-refractivity contribution in [1.29, 1.82) is 0 Å². The summed E-state index contributed by atoms with van der Waals surface area (Å²) in [7, 11) is 0.894. The van der Waals surface area contributed by atoms with Gasteiger partial charge in [0.05, 0.1) is 24.6 Å². The molecular weight excluding hydrogens is 574 g/mol. The number of phenolic OH excluding ortho intramolecular Hbond substituents is 1. The fourth-order valence-electron chi connectivity index (χ4n) is 7.08. The van der Waals surface area contributed by atoms with Gasteiger partial charge in [-0.1, -0.05) is 29.8 Å². The van der Waals surface area contributed by atoms with Gasteiger partial charge in [0.1, 0.15) is 0 Å². The number of hydrogen-bond acceptors (Lipinski definition) is 8. The number of likely N-dealkylation sites (tertiary alicyclic amines) is 1. The first-order valence-corrected chi connectivity index (χ1v) is 13.7. The van der Waals surface area contributed by atoms with Gasteiger partial charge < -0.3 is 19.9 Å². The number of aromatic hydroxyl groups is 1.